The third-order valence-corrected chi connectivity index (χ3v) is 4.92. The molecule has 1 aliphatic heterocycles. The van der Waals surface area contributed by atoms with Crippen LogP contribution in [-0.2, 0) is 4.79 Å². The fourth-order valence-corrected chi connectivity index (χ4v) is 3.79. The van der Waals surface area contributed by atoms with Crippen LogP contribution in [0.4, 0.5) is 0 Å². The molecule has 0 aromatic carbocycles. The van der Waals surface area contributed by atoms with Gasteiger partial charge in [0.25, 0.3) is 0 Å². The quantitative estimate of drug-likeness (QED) is 0.836. The minimum atomic E-state index is -0.553. The minimum Gasteiger partial charge on any atom is -0.341 e. The van der Waals surface area contributed by atoms with Gasteiger partial charge in [-0.25, -0.2) is 0 Å². The van der Waals surface area contributed by atoms with Crippen LogP contribution in [0.5, 0.6) is 0 Å². The second-order valence-electron chi connectivity index (χ2n) is 6.88. The van der Waals surface area contributed by atoms with Crippen molar-refractivity contribution in [2.45, 2.75) is 57.4 Å². The van der Waals surface area contributed by atoms with Gasteiger partial charge in [-0.3, -0.25) is 4.79 Å². The van der Waals surface area contributed by atoms with Crippen LogP contribution in [0.15, 0.2) is 0 Å². The number of nitrogens with zero attached hydrogens (tertiary/aromatic N) is 2. The molecule has 4 nitrogen and oxygen atoms in total. The second kappa shape index (κ2) is 6.90. The Morgan fingerprint density at radius 1 is 1.35 bits per heavy atom. The van der Waals surface area contributed by atoms with E-state index in [-0.39, 0.29) is 5.91 Å². The zero-order chi connectivity index (χ0) is 14.6. The van der Waals surface area contributed by atoms with Crippen LogP contribution in [-0.4, -0.2) is 54.5 Å². The van der Waals surface area contributed by atoms with E-state index in [0.29, 0.717) is 5.92 Å². The maximum atomic E-state index is 12.7. The van der Waals surface area contributed by atoms with Crippen molar-refractivity contribution in [1.29, 1.82) is 0 Å². The molecule has 0 aromatic rings. The highest BCUT2D eigenvalue weighted by molar-refractivity contribution is 5.86. The second-order valence-corrected chi connectivity index (χ2v) is 6.88. The van der Waals surface area contributed by atoms with E-state index in [1.54, 1.807) is 0 Å². The molecule has 0 bridgehead atoms. The van der Waals surface area contributed by atoms with Gasteiger partial charge in [0.15, 0.2) is 0 Å². The van der Waals surface area contributed by atoms with E-state index >= 15 is 0 Å². The lowest BCUT2D eigenvalue weighted by Crippen LogP contribution is -2.55. The van der Waals surface area contributed by atoms with Crippen LogP contribution < -0.4 is 5.73 Å². The van der Waals surface area contributed by atoms with Crippen molar-refractivity contribution in [2.24, 2.45) is 11.7 Å². The number of nitrogens with two attached hydrogens (primary N) is 1. The summed E-state index contributed by atoms with van der Waals surface area (Å²) in [6.07, 6.45) is 7.54. The zero-order valence-electron chi connectivity index (χ0n) is 13.2. The standard InChI is InChI=1S/C16H31N3O/c1-3-10-18(2)12-14-7-11-19(13-14)15(20)16(17)8-5-4-6-9-16/h14H,3-13,17H2,1-2H3. The average molecular weight is 281 g/mol. The molecule has 4 heteroatoms. The molecule has 2 fully saturated rings. The Hall–Kier alpha value is -0.610. The summed E-state index contributed by atoms with van der Waals surface area (Å²) in [5.74, 6) is 0.848. The van der Waals surface area contributed by atoms with Gasteiger partial charge in [0.2, 0.25) is 5.91 Å². The molecule has 1 aliphatic carbocycles. The molecule has 1 heterocycles. The summed E-state index contributed by atoms with van der Waals surface area (Å²) in [6, 6.07) is 0. The van der Waals surface area contributed by atoms with Gasteiger partial charge in [0.05, 0.1) is 5.54 Å². The molecule has 0 aromatic heterocycles. The molecule has 1 saturated heterocycles. The Morgan fingerprint density at radius 3 is 2.70 bits per heavy atom. The summed E-state index contributed by atoms with van der Waals surface area (Å²) in [4.78, 5) is 17.1. The topological polar surface area (TPSA) is 49.6 Å². The van der Waals surface area contributed by atoms with E-state index in [0.717, 1.165) is 58.3 Å². The van der Waals surface area contributed by atoms with Gasteiger partial charge < -0.3 is 15.5 Å². The molecule has 0 radical (unpaired) electrons. The molecule has 20 heavy (non-hydrogen) atoms. The van der Waals surface area contributed by atoms with Gasteiger partial charge in [-0.05, 0) is 45.2 Å². The van der Waals surface area contributed by atoms with E-state index in [1.165, 1.54) is 12.8 Å². The molecule has 1 unspecified atom stereocenters. The van der Waals surface area contributed by atoms with Gasteiger partial charge >= 0.3 is 0 Å². The average Bonchev–Trinajstić information content (AvgIpc) is 2.87. The number of carbonyl (C=O) groups is 1. The Labute approximate surface area is 123 Å². The highest BCUT2D eigenvalue weighted by atomic mass is 16.2. The first kappa shape index (κ1) is 15.8. The highest BCUT2D eigenvalue weighted by Crippen LogP contribution is 2.29. The van der Waals surface area contributed by atoms with E-state index in [2.05, 4.69) is 18.9 Å². The molecule has 116 valence electrons. The van der Waals surface area contributed by atoms with E-state index in [1.807, 2.05) is 4.90 Å². The first-order valence-corrected chi connectivity index (χ1v) is 8.32. The van der Waals surface area contributed by atoms with Crippen LogP contribution in [0.2, 0.25) is 0 Å². The predicted octanol–water partition coefficient (Wildman–Crippen LogP) is 1.84. The monoisotopic (exact) mass is 281 g/mol. The lowest BCUT2D eigenvalue weighted by Gasteiger charge is -2.35. The van der Waals surface area contributed by atoms with Crippen molar-refractivity contribution in [3.05, 3.63) is 0 Å². The SMILES string of the molecule is CCCN(C)CC1CCN(C(=O)C2(N)CCCCC2)C1. The normalized spacial score (nSPS) is 26.2. The molecule has 0 spiro atoms. The molecule has 1 atom stereocenters. The van der Waals surface area contributed by atoms with Gasteiger partial charge in [-0.1, -0.05) is 26.2 Å². The first-order valence-electron chi connectivity index (χ1n) is 8.32. The van der Waals surface area contributed by atoms with Crippen molar-refractivity contribution in [3.8, 4) is 0 Å². The summed E-state index contributed by atoms with van der Waals surface area (Å²) < 4.78 is 0. The van der Waals surface area contributed by atoms with Crippen LogP contribution in [0.3, 0.4) is 0 Å². The third-order valence-electron chi connectivity index (χ3n) is 4.92. The molecule has 2 aliphatic rings. The molecule has 1 saturated carbocycles. The van der Waals surface area contributed by atoms with Crippen molar-refractivity contribution >= 4 is 5.91 Å². The van der Waals surface area contributed by atoms with Crippen LogP contribution in [0.1, 0.15) is 51.9 Å². The summed E-state index contributed by atoms with van der Waals surface area (Å²) in [5, 5.41) is 0. The minimum absolute atomic E-state index is 0.220. The number of likely N-dealkylation sites (tertiary alicyclic amines) is 1. The van der Waals surface area contributed by atoms with Crippen LogP contribution in [0, 0.1) is 5.92 Å². The number of amides is 1. The van der Waals surface area contributed by atoms with Crippen molar-refractivity contribution < 1.29 is 4.79 Å². The van der Waals surface area contributed by atoms with Gasteiger partial charge in [-0.15, -0.1) is 0 Å². The molecular formula is C16H31N3O. The summed E-state index contributed by atoms with van der Waals surface area (Å²) in [5.41, 5.74) is 5.82. The molecule has 2 N–H and O–H groups in total. The molecule has 1 amide bonds. The van der Waals surface area contributed by atoms with Crippen molar-refractivity contribution in [2.75, 3.05) is 33.2 Å². The lowest BCUT2D eigenvalue weighted by molar-refractivity contribution is -0.137. The van der Waals surface area contributed by atoms with Crippen LogP contribution >= 0.6 is 0 Å². The van der Waals surface area contributed by atoms with Crippen LogP contribution in [0.25, 0.3) is 0 Å². The van der Waals surface area contributed by atoms with Crippen molar-refractivity contribution in [3.63, 3.8) is 0 Å². The Bertz CT molecular complexity index is 326. The van der Waals surface area contributed by atoms with Crippen molar-refractivity contribution in [1.82, 2.24) is 9.80 Å². The number of hydrogen-bond acceptors (Lipinski definition) is 3. The zero-order valence-corrected chi connectivity index (χ0v) is 13.2. The number of carbonyl (C=O) groups excluding carboxylic acids is 1. The Balaban J connectivity index is 1.84. The maximum Gasteiger partial charge on any atom is 0.242 e. The Morgan fingerprint density at radius 2 is 2.05 bits per heavy atom. The van der Waals surface area contributed by atoms with E-state index in [4.69, 9.17) is 5.73 Å². The molecule has 2 rings (SSSR count). The highest BCUT2D eigenvalue weighted by Gasteiger charge is 2.40. The predicted molar refractivity (Wildman–Crippen MR) is 82.5 cm³/mol. The first-order chi connectivity index (χ1) is 9.55. The summed E-state index contributed by atoms with van der Waals surface area (Å²) in [6.45, 7) is 6.27. The van der Waals surface area contributed by atoms with E-state index < -0.39 is 5.54 Å². The smallest absolute Gasteiger partial charge is 0.242 e. The number of rotatable bonds is 5. The third kappa shape index (κ3) is 3.73. The largest absolute Gasteiger partial charge is 0.341 e. The molecular weight excluding hydrogens is 250 g/mol. The van der Waals surface area contributed by atoms with Gasteiger partial charge in [0.1, 0.15) is 0 Å². The fraction of sp³-hybridized carbons (Fsp3) is 0.938. The van der Waals surface area contributed by atoms with Gasteiger partial charge in [0, 0.05) is 19.6 Å². The van der Waals surface area contributed by atoms with E-state index in [9.17, 15) is 4.79 Å². The van der Waals surface area contributed by atoms with Gasteiger partial charge in [-0.2, -0.15) is 0 Å². The summed E-state index contributed by atoms with van der Waals surface area (Å²) in [7, 11) is 2.18. The maximum absolute atomic E-state index is 12.7. The lowest BCUT2D eigenvalue weighted by atomic mass is 9.81. The Kier molecular flexibility index (Phi) is 5.44. The summed E-state index contributed by atoms with van der Waals surface area (Å²) >= 11 is 0. The fourth-order valence-electron chi connectivity index (χ4n) is 3.79. The number of hydrogen-bond donors (Lipinski definition) is 1.